The van der Waals surface area contributed by atoms with Gasteiger partial charge in [-0.2, -0.15) is 0 Å². The molecule has 0 aliphatic heterocycles. The lowest BCUT2D eigenvalue weighted by Gasteiger charge is -2.24. The van der Waals surface area contributed by atoms with Crippen molar-refractivity contribution < 1.29 is 14.6 Å². The molecule has 5 N–H and O–H groups in total. The number of carbonyl (C=O) groups is 1. The molecule has 4 rings (SSSR count). The van der Waals surface area contributed by atoms with Gasteiger partial charge in [0, 0.05) is 44.0 Å². The number of hydrogen-bond donors (Lipinski definition) is 4. The average Bonchev–Trinajstić information content (AvgIpc) is 3.35. The summed E-state index contributed by atoms with van der Waals surface area (Å²) in [5.74, 6) is 0.540. The maximum atomic E-state index is 13.2. The molecule has 176 valence electrons. The van der Waals surface area contributed by atoms with Crippen molar-refractivity contribution >= 4 is 22.8 Å². The van der Waals surface area contributed by atoms with Gasteiger partial charge in [0.2, 0.25) is 0 Å². The Kier molecular flexibility index (Phi) is 7.75. The Labute approximate surface area is 198 Å². The van der Waals surface area contributed by atoms with Crippen molar-refractivity contribution in [1.82, 2.24) is 14.9 Å². The molecule has 2 amide bonds. The summed E-state index contributed by atoms with van der Waals surface area (Å²) in [6.45, 7) is 1.55. The normalized spacial score (nSPS) is 10.9. The summed E-state index contributed by atoms with van der Waals surface area (Å²) in [6.07, 6.45) is 4.10. The van der Waals surface area contributed by atoms with Crippen LogP contribution in [0.25, 0.3) is 22.2 Å². The number of rotatable bonds is 10. The smallest absolute Gasteiger partial charge is 0.322 e. The third kappa shape index (κ3) is 5.54. The number of aliphatic hydroxyl groups is 1. The van der Waals surface area contributed by atoms with Crippen LogP contribution >= 0.6 is 0 Å². The molecule has 2 heterocycles. The highest BCUT2D eigenvalue weighted by atomic mass is 16.5. The summed E-state index contributed by atoms with van der Waals surface area (Å²) < 4.78 is 5.90. The fraction of sp³-hybridized carbons (Fsp3) is 0.231. The summed E-state index contributed by atoms with van der Waals surface area (Å²) in [4.78, 5) is 22.3. The van der Waals surface area contributed by atoms with Crippen molar-refractivity contribution in [3.63, 3.8) is 0 Å². The Morgan fingerprint density at radius 3 is 2.79 bits per heavy atom. The number of benzene rings is 2. The van der Waals surface area contributed by atoms with Gasteiger partial charge in [0.15, 0.2) is 0 Å². The van der Waals surface area contributed by atoms with Crippen LogP contribution in [0.1, 0.15) is 12.0 Å². The molecule has 0 atom stereocenters. The molecule has 8 nitrogen and oxygen atoms in total. The molecule has 8 heteroatoms. The molecule has 0 aliphatic rings. The van der Waals surface area contributed by atoms with Gasteiger partial charge in [-0.3, -0.25) is 0 Å². The van der Waals surface area contributed by atoms with Crippen LogP contribution in [0.4, 0.5) is 10.5 Å². The van der Waals surface area contributed by atoms with Crippen LogP contribution in [-0.2, 0) is 6.54 Å². The zero-order valence-electron chi connectivity index (χ0n) is 18.9. The number of urea groups is 1. The molecule has 0 aliphatic carbocycles. The second kappa shape index (κ2) is 11.3. The van der Waals surface area contributed by atoms with Crippen molar-refractivity contribution in [1.29, 1.82) is 0 Å². The van der Waals surface area contributed by atoms with E-state index in [1.54, 1.807) is 11.1 Å². The minimum atomic E-state index is -0.264. The minimum Gasteiger partial charge on any atom is -0.490 e. The van der Waals surface area contributed by atoms with E-state index in [2.05, 4.69) is 15.3 Å². The fourth-order valence-corrected chi connectivity index (χ4v) is 3.81. The molecule has 0 unspecified atom stereocenters. The summed E-state index contributed by atoms with van der Waals surface area (Å²) in [5.41, 5.74) is 10.00. The topological polar surface area (TPSA) is 116 Å². The van der Waals surface area contributed by atoms with E-state index in [0.717, 1.165) is 27.7 Å². The number of H-pyrrole nitrogens is 1. The monoisotopic (exact) mass is 459 g/mol. The van der Waals surface area contributed by atoms with Gasteiger partial charge < -0.3 is 30.8 Å². The Bertz CT molecular complexity index is 1230. The van der Waals surface area contributed by atoms with Crippen LogP contribution < -0.4 is 15.8 Å². The quantitative estimate of drug-likeness (QED) is 0.286. The largest absolute Gasteiger partial charge is 0.490 e. The number of aromatic amines is 1. The van der Waals surface area contributed by atoms with Crippen molar-refractivity contribution in [2.75, 3.05) is 31.6 Å². The molecule has 4 aromatic rings. The van der Waals surface area contributed by atoms with Crippen molar-refractivity contribution in [3.05, 3.63) is 78.6 Å². The number of nitrogens with one attached hydrogen (secondary N) is 2. The van der Waals surface area contributed by atoms with Crippen LogP contribution in [0.5, 0.6) is 5.75 Å². The van der Waals surface area contributed by atoms with E-state index < -0.39 is 0 Å². The molecule has 34 heavy (non-hydrogen) atoms. The first-order chi connectivity index (χ1) is 16.7. The third-order valence-electron chi connectivity index (χ3n) is 5.46. The van der Waals surface area contributed by atoms with E-state index in [9.17, 15) is 9.90 Å². The maximum absolute atomic E-state index is 13.2. The number of nitrogens with two attached hydrogens (primary N) is 1. The lowest BCUT2D eigenvalue weighted by Crippen LogP contribution is -2.35. The maximum Gasteiger partial charge on any atom is 0.322 e. The number of aliphatic hydroxyl groups excluding tert-OH is 1. The first-order valence-electron chi connectivity index (χ1n) is 11.3. The third-order valence-corrected chi connectivity index (χ3v) is 5.46. The lowest BCUT2D eigenvalue weighted by atomic mass is 10.0. The SMILES string of the molecule is NCCOc1cc(-c2ccnc3[nH]ccc23)ccc1NC(=O)N(CCCO)Cc1ccccc1. The molecule has 0 radical (unpaired) electrons. The predicted molar refractivity (Wildman–Crippen MR) is 134 cm³/mol. The lowest BCUT2D eigenvalue weighted by molar-refractivity contribution is 0.199. The van der Waals surface area contributed by atoms with Crippen LogP contribution in [0.3, 0.4) is 0 Å². The number of aromatic nitrogens is 2. The van der Waals surface area contributed by atoms with E-state index in [4.69, 9.17) is 10.5 Å². The van der Waals surface area contributed by atoms with Gasteiger partial charge in [0.05, 0.1) is 5.69 Å². The molecule has 0 fully saturated rings. The summed E-state index contributed by atoms with van der Waals surface area (Å²) >= 11 is 0. The standard InChI is InChI=1S/C26H29N5O3/c27-11-16-34-24-17-20(21-9-12-28-25-22(21)10-13-29-25)7-8-23(24)30-26(33)31(14-4-15-32)18-19-5-2-1-3-6-19/h1-3,5-10,12-13,17,32H,4,11,14-16,18,27H2,(H,28,29)(H,30,33). The Balaban J connectivity index is 1.60. The van der Waals surface area contributed by atoms with Gasteiger partial charge in [-0.25, -0.2) is 9.78 Å². The van der Waals surface area contributed by atoms with Crippen LogP contribution in [0.15, 0.2) is 73.1 Å². The van der Waals surface area contributed by atoms with E-state index in [0.29, 0.717) is 44.1 Å². The van der Waals surface area contributed by atoms with Crippen LogP contribution in [0.2, 0.25) is 0 Å². The van der Waals surface area contributed by atoms with Crippen molar-refractivity contribution in [2.24, 2.45) is 5.73 Å². The number of hydrogen-bond acceptors (Lipinski definition) is 5. The summed E-state index contributed by atoms with van der Waals surface area (Å²) in [7, 11) is 0. The average molecular weight is 460 g/mol. The van der Waals surface area contributed by atoms with Gasteiger partial charge in [0.25, 0.3) is 0 Å². The highest BCUT2D eigenvalue weighted by Gasteiger charge is 2.17. The van der Waals surface area contributed by atoms with E-state index in [-0.39, 0.29) is 12.6 Å². The Morgan fingerprint density at radius 2 is 2.00 bits per heavy atom. The molecule has 0 saturated carbocycles. The molecular formula is C26H29N5O3. The first kappa shape index (κ1) is 23.3. The zero-order valence-corrected chi connectivity index (χ0v) is 18.9. The Morgan fingerprint density at radius 1 is 1.15 bits per heavy atom. The summed E-state index contributed by atoms with van der Waals surface area (Å²) in [6, 6.07) is 19.1. The number of amides is 2. The molecule has 0 saturated heterocycles. The van der Waals surface area contributed by atoms with Crippen molar-refractivity contribution in [3.8, 4) is 16.9 Å². The molecule has 2 aromatic heterocycles. The zero-order chi connectivity index (χ0) is 23.8. The number of anilines is 1. The highest BCUT2D eigenvalue weighted by molar-refractivity contribution is 5.95. The minimum absolute atomic E-state index is 0.0116. The second-order valence-corrected chi connectivity index (χ2v) is 7.86. The molecule has 0 spiro atoms. The van der Waals surface area contributed by atoms with E-state index in [1.807, 2.05) is 66.9 Å². The number of fused-ring (bicyclic) bond motifs is 1. The fourth-order valence-electron chi connectivity index (χ4n) is 3.81. The first-order valence-corrected chi connectivity index (χ1v) is 11.3. The number of ether oxygens (including phenoxy) is 1. The van der Waals surface area contributed by atoms with Gasteiger partial charge in [0.1, 0.15) is 18.0 Å². The molecular weight excluding hydrogens is 430 g/mol. The Hall–Kier alpha value is -3.88. The second-order valence-electron chi connectivity index (χ2n) is 7.86. The van der Waals surface area contributed by atoms with Gasteiger partial charge >= 0.3 is 6.03 Å². The van der Waals surface area contributed by atoms with Crippen LogP contribution in [0, 0.1) is 0 Å². The van der Waals surface area contributed by atoms with Crippen LogP contribution in [-0.4, -0.2) is 52.3 Å². The van der Waals surface area contributed by atoms with Gasteiger partial charge in [-0.1, -0.05) is 36.4 Å². The molecule has 2 aromatic carbocycles. The predicted octanol–water partition coefficient (Wildman–Crippen LogP) is 3.98. The number of nitrogens with zero attached hydrogens (tertiary/aromatic N) is 2. The van der Waals surface area contributed by atoms with E-state index >= 15 is 0 Å². The summed E-state index contributed by atoms with van der Waals surface area (Å²) in [5, 5.41) is 13.3. The van der Waals surface area contributed by atoms with E-state index in [1.165, 1.54) is 0 Å². The van der Waals surface area contributed by atoms with Crippen molar-refractivity contribution in [2.45, 2.75) is 13.0 Å². The number of pyridine rings is 1. The van der Waals surface area contributed by atoms with Gasteiger partial charge in [-0.05, 0) is 47.4 Å². The highest BCUT2D eigenvalue weighted by Crippen LogP contribution is 2.34. The molecule has 0 bridgehead atoms. The number of carbonyl (C=O) groups excluding carboxylic acids is 1. The van der Waals surface area contributed by atoms with Gasteiger partial charge in [-0.15, -0.1) is 0 Å².